The molecule has 1 atom stereocenters. The van der Waals surface area contributed by atoms with Crippen molar-refractivity contribution in [1.82, 2.24) is 10.3 Å². The Morgan fingerprint density at radius 2 is 2.25 bits per heavy atom. The first-order valence-electron chi connectivity index (χ1n) is 7.49. The lowest BCUT2D eigenvalue weighted by atomic mass is 10.2. The van der Waals surface area contributed by atoms with E-state index in [0.29, 0.717) is 18.7 Å². The number of halogens is 2. The number of pyridine rings is 1. The van der Waals surface area contributed by atoms with Gasteiger partial charge in [0, 0.05) is 24.6 Å². The van der Waals surface area contributed by atoms with Gasteiger partial charge in [0.05, 0.1) is 11.4 Å². The van der Waals surface area contributed by atoms with Gasteiger partial charge >= 0.3 is 0 Å². The van der Waals surface area contributed by atoms with Gasteiger partial charge in [0.15, 0.2) is 0 Å². The van der Waals surface area contributed by atoms with Crippen LogP contribution in [0.2, 0.25) is 5.02 Å². The van der Waals surface area contributed by atoms with Crippen LogP contribution >= 0.6 is 11.6 Å². The van der Waals surface area contributed by atoms with Crippen molar-refractivity contribution in [1.29, 1.82) is 0 Å². The Labute approximate surface area is 143 Å². The summed E-state index contributed by atoms with van der Waals surface area (Å²) in [4.78, 5) is 30.0. The number of amides is 2. The highest BCUT2D eigenvalue weighted by Gasteiger charge is 2.33. The zero-order valence-electron chi connectivity index (χ0n) is 12.7. The number of hydrogen-bond donors (Lipinski definition) is 1. The van der Waals surface area contributed by atoms with E-state index >= 15 is 0 Å². The van der Waals surface area contributed by atoms with Crippen molar-refractivity contribution in [3.05, 3.63) is 59.1 Å². The molecular formula is C17H15ClFN3O2. The van der Waals surface area contributed by atoms with Crippen LogP contribution in [0.3, 0.4) is 0 Å². The maximum atomic E-state index is 13.2. The van der Waals surface area contributed by atoms with Crippen molar-refractivity contribution in [2.45, 2.75) is 18.9 Å². The third kappa shape index (κ3) is 3.54. The molecule has 24 heavy (non-hydrogen) atoms. The molecule has 0 radical (unpaired) electrons. The topological polar surface area (TPSA) is 62.3 Å². The lowest BCUT2D eigenvalue weighted by molar-refractivity contribution is -0.126. The third-order valence-electron chi connectivity index (χ3n) is 3.84. The van der Waals surface area contributed by atoms with Gasteiger partial charge in [0.25, 0.3) is 0 Å². The zero-order chi connectivity index (χ0) is 17.1. The second-order valence-electron chi connectivity index (χ2n) is 5.54. The minimum atomic E-state index is -0.585. The van der Waals surface area contributed by atoms with Crippen LogP contribution in [0.5, 0.6) is 0 Å². The van der Waals surface area contributed by atoms with E-state index in [4.69, 9.17) is 11.6 Å². The quantitative estimate of drug-likeness (QED) is 0.923. The summed E-state index contributed by atoms with van der Waals surface area (Å²) in [5.74, 6) is -0.995. The predicted octanol–water partition coefficient (Wildman–Crippen LogP) is 2.34. The lowest BCUT2D eigenvalue weighted by Gasteiger charge is -2.17. The van der Waals surface area contributed by atoms with E-state index in [9.17, 15) is 14.0 Å². The van der Waals surface area contributed by atoms with Gasteiger partial charge in [-0.2, -0.15) is 0 Å². The molecule has 2 amide bonds. The smallest absolute Gasteiger partial charge is 0.249 e. The Bertz CT molecular complexity index is 770. The molecule has 1 fully saturated rings. The molecule has 3 rings (SSSR count). The van der Waals surface area contributed by atoms with Crippen LogP contribution in [0.15, 0.2) is 42.7 Å². The van der Waals surface area contributed by atoms with Gasteiger partial charge in [-0.1, -0.05) is 17.7 Å². The number of anilines is 1. The Balaban J connectivity index is 1.63. The molecule has 0 unspecified atom stereocenters. The van der Waals surface area contributed by atoms with Crippen LogP contribution in [0.4, 0.5) is 10.1 Å². The molecule has 2 aromatic rings. The van der Waals surface area contributed by atoms with Gasteiger partial charge in [-0.3, -0.25) is 14.6 Å². The van der Waals surface area contributed by atoms with Crippen molar-refractivity contribution in [2.75, 3.05) is 11.4 Å². The second kappa shape index (κ2) is 6.97. The standard InChI is InChI=1S/C17H15ClFN3O2/c18-13-9-12(3-4-14(13)19)22-7-5-15(17(22)24)21-16(23)8-11-2-1-6-20-10-11/h1-4,6,9-10,15H,5,7-8H2,(H,21,23)/t15-/m1/s1. The predicted molar refractivity (Wildman–Crippen MR) is 88.3 cm³/mol. The minimum Gasteiger partial charge on any atom is -0.344 e. The minimum absolute atomic E-state index is 0.0376. The maximum Gasteiger partial charge on any atom is 0.249 e. The molecule has 1 N–H and O–H groups in total. The van der Waals surface area contributed by atoms with Crippen LogP contribution in [0, 0.1) is 5.82 Å². The van der Waals surface area contributed by atoms with Crippen LogP contribution < -0.4 is 10.2 Å². The SMILES string of the molecule is O=C(Cc1cccnc1)N[C@@H]1CCN(c2ccc(F)c(Cl)c2)C1=O. The van der Waals surface area contributed by atoms with Gasteiger partial charge < -0.3 is 10.2 Å². The van der Waals surface area contributed by atoms with E-state index in [0.717, 1.165) is 5.56 Å². The molecule has 124 valence electrons. The molecule has 1 aromatic carbocycles. The first kappa shape index (κ1) is 16.4. The number of nitrogens with zero attached hydrogens (tertiary/aromatic N) is 2. The summed E-state index contributed by atoms with van der Waals surface area (Å²) in [7, 11) is 0. The molecule has 0 aliphatic carbocycles. The first-order chi connectivity index (χ1) is 11.5. The third-order valence-corrected chi connectivity index (χ3v) is 4.13. The van der Waals surface area contributed by atoms with Crippen LogP contribution in [-0.2, 0) is 16.0 Å². The zero-order valence-corrected chi connectivity index (χ0v) is 13.5. The Kier molecular flexibility index (Phi) is 4.76. The molecule has 0 spiro atoms. The van der Waals surface area contributed by atoms with Crippen molar-refractivity contribution in [3.8, 4) is 0 Å². The average Bonchev–Trinajstić information content (AvgIpc) is 2.92. The Morgan fingerprint density at radius 1 is 1.42 bits per heavy atom. The average molecular weight is 348 g/mol. The van der Waals surface area contributed by atoms with E-state index in [1.54, 1.807) is 24.5 Å². The molecule has 1 aliphatic heterocycles. The van der Waals surface area contributed by atoms with Crippen LogP contribution in [0.1, 0.15) is 12.0 Å². The Hall–Kier alpha value is -2.47. The molecular weight excluding hydrogens is 333 g/mol. The van der Waals surface area contributed by atoms with Gasteiger partial charge in [0.1, 0.15) is 11.9 Å². The molecule has 1 aliphatic rings. The maximum absolute atomic E-state index is 13.2. The van der Waals surface area contributed by atoms with E-state index in [2.05, 4.69) is 10.3 Å². The summed E-state index contributed by atoms with van der Waals surface area (Å²) in [6.45, 7) is 0.443. The van der Waals surface area contributed by atoms with E-state index in [-0.39, 0.29) is 23.3 Å². The second-order valence-corrected chi connectivity index (χ2v) is 5.94. The monoisotopic (exact) mass is 347 g/mol. The summed E-state index contributed by atoms with van der Waals surface area (Å²) in [6.07, 6.45) is 3.91. The molecule has 5 nitrogen and oxygen atoms in total. The highest BCUT2D eigenvalue weighted by atomic mass is 35.5. The van der Waals surface area contributed by atoms with Crippen molar-refractivity contribution < 1.29 is 14.0 Å². The van der Waals surface area contributed by atoms with Crippen molar-refractivity contribution >= 4 is 29.1 Å². The lowest BCUT2D eigenvalue weighted by Crippen LogP contribution is -2.42. The fourth-order valence-electron chi connectivity index (χ4n) is 2.66. The van der Waals surface area contributed by atoms with Gasteiger partial charge in [-0.15, -0.1) is 0 Å². The number of rotatable bonds is 4. The molecule has 2 heterocycles. The Morgan fingerprint density at radius 3 is 2.96 bits per heavy atom. The van der Waals surface area contributed by atoms with Gasteiger partial charge in [0.2, 0.25) is 11.8 Å². The molecule has 0 bridgehead atoms. The highest BCUT2D eigenvalue weighted by molar-refractivity contribution is 6.31. The number of carbonyl (C=O) groups excluding carboxylic acids is 2. The summed E-state index contributed by atoms with van der Waals surface area (Å²) in [6, 6.07) is 7.10. The number of hydrogen-bond acceptors (Lipinski definition) is 3. The van der Waals surface area contributed by atoms with Crippen LogP contribution in [0.25, 0.3) is 0 Å². The highest BCUT2D eigenvalue weighted by Crippen LogP contribution is 2.26. The molecule has 1 aromatic heterocycles. The number of carbonyl (C=O) groups is 2. The van der Waals surface area contributed by atoms with Gasteiger partial charge in [-0.05, 0) is 36.2 Å². The van der Waals surface area contributed by atoms with Crippen molar-refractivity contribution in [3.63, 3.8) is 0 Å². The number of aromatic nitrogens is 1. The van der Waals surface area contributed by atoms with Crippen LogP contribution in [-0.4, -0.2) is 29.4 Å². The normalized spacial score (nSPS) is 17.2. The fraction of sp³-hybridized carbons (Fsp3) is 0.235. The van der Waals surface area contributed by atoms with E-state index < -0.39 is 11.9 Å². The largest absolute Gasteiger partial charge is 0.344 e. The molecule has 7 heteroatoms. The summed E-state index contributed by atoms with van der Waals surface area (Å²) >= 11 is 5.76. The first-order valence-corrected chi connectivity index (χ1v) is 7.87. The van der Waals surface area contributed by atoms with Gasteiger partial charge in [-0.25, -0.2) is 4.39 Å². The number of nitrogens with one attached hydrogen (secondary N) is 1. The molecule has 0 saturated carbocycles. The molecule has 1 saturated heterocycles. The van der Waals surface area contributed by atoms with E-state index in [1.807, 2.05) is 0 Å². The van der Waals surface area contributed by atoms with Crippen molar-refractivity contribution in [2.24, 2.45) is 0 Å². The summed E-state index contributed by atoms with van der Waals surface area (Å²) in [5.41, 5.74) is 1.30. The summed E-state index contributed by atoms with van der Waals surface area (Å²) in [5, 5.41) is 2.70. The number of benzene rings is 1. The fourth-order valence-corrected chi connectivity index (χ4v) is 2.83. The summed E-state index contributed by atoms with van der Waals surface area (Å²) < 4.78 is 13.2. The van der Waals surface area contributed by atoms with E-state index in [1.165, 1.54) is 23.1 Å².